The van der Waals surface area contributed by atoms with Gasteiger partial charge in [0.25, 0.3) is 11.8 Å². The SMILES string of the molecule is Cc1ccccc1-n1nc(C)c2c3c(cnc21)C(=O)N(Cc1ccccc1)C3=O. The largest absolute Gasteiger partial charge is 0.270 e. The van der Waals surface area contributed by atoms with Gasteiger partial charge < -0.3 is 0 Å². The maximum Gasteiger partial charge on any atom is 0.263 e. The molecule has 1 aliphatic heterocycles. The van der Waals surface area contributed by atoms with Crippen LogP contribution in [0.4, 0.5) is 0 Å². The Bertz CT molecular complexity index is 1290. The van der Waals surface area contributed by atoms with Gasteiger partial charge in [0.15, 0.2) is 5.65 Å². The number of pyridine rings is 1. The van der Waals surface area contributed by atoms with Crippen LogP contribution in [-0.2, 0) is 6.54 Å². The predicted octanol–water partition coefficient (Wildman–Crippen LogP) is 3.83. The van der Waals surface area contributed by atoms with Crippen molar-refractivity contribution in [1.29, 1.82) is 0 Å². The van der Waals surface area contributed by atoms with Gasteiger partial charge in [-0.25, -0.2) is 9.67 Å². The fourth-order valence-corrected chi connectivity index (χ4v) is 3.89. The lowest BCUT2D eigenvalue weighted by Gasteiger charge is -2.13. The third kappa shape index (κ3) is 2.56. The normalized spacial score (nSPS) is 13.4. The quantitative estimate of drug-likeness (QED) is 0.505. The highest BCUT2D eigenvalue weighted by atomic mass is 16.2. The molecule has 4 aromatic rings. The number of aromatic nitrogens is 3. The molecule has 2 aromatic heterocycles. The highest BCUT2D eigenvalue weighted by Gasteiger charge is 2.39. The number of nitrogens with zero attached hydrogens (tertiary/aromatic N) is 4. The van der Waals surface area contributed by atoms with Crippen LogP contribution in [0.15, 0.2) is 60.8 Å². The highest BCUT2D eigenvalue weighted by Crippen LogP contribution is 2.33. The lowest BCUT2D eigenvalue weighted by atomic mass is 10.1. The first-order chi connectivity index (χ1) is 14.1. The van der Waals surface area contributed by atoms with Crippen LogP contribution in [-0.4, -0.2) is 31.5 Å². The van der Waals surface area contributed by atoms with Crippen LogP contribution in [0.3, 0.4) is 0 Å². The van der Waals surface area contributed by atoms with Crippen LogP contribution in [0, 0.1) is 13.8 Å². The van der Waals surface area contributed by atoms with Crippen LogP contribution >= 0.6 is 0 Å². The number of hydrogen-bond acceptors (Lipinski definition) is 4. The van der Waals surface area contributed by atoms with E-state index in [4.69, 9.17) is 0 Å². The summed E-state index contributed by atoms with van der Waals surface area (Å²) in [5.41, 5.74) is 4.84. The van der Waals surface area contributed by atoms with Crippen molar-refractivity contribution in [1.82, 2.24) is 19.7 Å². The summed E-state index contributed by atoms with van der Waals surface area (Å²) in [7, 11) is 0. The molecule has 5 rings (SSSR count). The van der Waals surface area contributed by atoms with Gasteiger partial charge in [-0.1, -0.05) is 48.5 Å². The predicted molar refractivity (Wildman–Crippen MR) is 109 cm³/mol. The van der Waals surface area contributed by atoms with E-state index in [2.05, 4.69) is 10.1 Å². The Hall–Kier alpha value is -3.80. The van der Waals surface area contributed by atoms with Crippen LogP contribution in [0.5, 0.6) is 0 Å². The number of rotatable bonds is 3. The molecule has 0 unspecified atom stereocenters. The van der Waals surface area contributed by atoms with E-state index in [1.807, 2.05) is 68.4 Å². The first-order valence-electron chi connectivity index (χ1n) is 9.40. The van der Waals surface area contributed by atoms with Crippen LogP contribution < -0.4 is 0 Å². The Balaban J connectivity index is 1.66. The van der Waals surface area contributed by atoms with E-state index < -0.39 is 0 Å². The molecule has 3 heterocycles. The molecule has 0 saturated carbocycles. The molecular formula is C23H18N4O2. The number of amides is 2. The van der Waals surface area contributed by atoms with E-state index >= 15 is 0 Å². The molecule has 0 aliphatic carbocycles. The summed E-state index contributed by atoms with van der Waals surface area (Å²) >= 11 is 0. The van der Waals surface area contributed by atoms with E-state index in [9.17, 15) is 9.59 Å². The molecule has 0 spiro atoms. The minimum absolute atomic E-state index is 0.236. The second-order valence-electron chi connectivity index (χ2n) is 7.21. The van der Waals surface area contributed by atoms with Gasteiger partial charge in [-0.3, -0.25) is 14.5 Å². The number of para-hydroxylation sites is 1. The van der Waals surface area contributed by atoms with Crippen molar-refractivity contribution < 1.29 is 9.59 Å². The standard InChI is InChI=1S/C23H18N4O2/c1-14-8-6-7-11-18(14)27-21-19(15(2)25-27)20-17(12-24-21)22(28)26(23(20)29)13-16-9-4-3-5-10-16/h3-12H,13H2,1-2H3. The number of fused-ring (bicyclic) bond motifs is 3. The number of aryl methyl sites for hydroxylation is 2. The number of imide groups is 1. The lowest BCUT2D eigenvalue weighted by Crippen LogP contribution is -2.29. The summed E-state index contributed by atoms with van der Waals surface area (Å²) in [6.45, 7) is 4.08. The van der Waals surface area contributed by atoms with Crippen molar-refractivity contribution in [2.75, 3.05) is 0 Å². The van der Waals surface area contributed by atoms with E-state index in [1.165, 1.54) is 11.1 Å². The van der Waals surface area contributed by atoms with Gasteiger partial charge in [-0.2, -0.15) is 5.10 Å². The number of carbonyl (C=O) groups excluding carboxylic acids is 2. The molecule has 0 N–H and O–H groups in total. The molecule has 0 fully saturated rings. The third-order valence-electron chi connectivity index (χ3n) is 5.33. The lowest BCUT2D eigenvalue weighted by molar-refractivity contribution is 0.0643. The maximum absolute atomic E-state index is 13.2. The molecule has 142 valence electrons. The zero-order valence-corrected chi connectivity index (χ0v) is 16.1. The minimum atomic E-state index is -0.314. The zero-order valence-electron chi connectivity index (χ0n) is 16.1. The Labute approximate surface area is 167 Å². The fourth-order valence-electron chi connectivity index (χ4n) is 3.89. The molecule has 2 aromatic carbocycles. The first kappa shape index (κ1) is 17.3. The van der Waals surface area contributed by atoms with Gasteiger partial charge in [-0.15, -0.1) is 0 Å². The van der Waals surface area contributed by atoms with E-state index in [0.29, 0.717) is 27.9 Å². The van der Waals surface area contributed by atoms with Crippen LogP contribution in [0.25, 0.3) is 16.7 Å². The van der Waals surface area contributed by atoms with Crippen molar-refractivity contribution in [3.63, 3.8) is 0 Å². The maximum atomic E-state index is 13.2. The van der Waals surface area contributed by atoms with E-state index in [0.717, 1.165) is 16.8 Å². The second-order valence-corrected chi connectivity index (χ2v) is 7.21. The summed E-state index contributed by atoms with van der Waals surface area (Å²) in [5.74, 6) is -0.611. The van der Waals surface area contributed by atoms with Crippen molar-refractivity contribution in [2.45, 2.75) is 20.4 Å². The Morgan fingerprint density at radius 3 is 2.38 bits per heavy atom. The van der Waals surface area contributed by atoms with E-state index in [1.54, 1.807) is 4.68 Å². The van der Waals surface area contributed by atoms with Gasteiger partial charge in [0, 0.05) is 6.20 Å². The number of hydrogen-bond donors (Lipinski definition) is 0. The molecule has 0 atom stereocenters. The Morgan fingerprint density at radius 2 is 1.62 bits per heavy atom. The molecular weight excluding hydrogens is 364 g/mol. The molecule has 6 heteroatoms. The van der Waals surface area contributed by atoms with Gasteiger partial charge >= 0.3 is 0 Å². The number of benzene rings is 2. The van der Waals surface area contributed by atoms with E-state index in [-0.39, 0.29) is 18.4 Å². The second kappa shape index (κ2) is 6.38. The molecule has 1 aliphatic rings. The van der Waals surface area contributed by atoms with Crippen molar-refractivity contribution in [3.8, 4) is 5.69 Å². The van der Waals surface area contributed by atoms with Crippen molar-refractivity contribution >= 4 is 22.8 Å². The average Bonchev–Trinajstić information content (AvgIpc) is 3.19. The van der Waals surface area contributed by atoms with Gasteiger partial charge in [0.2, 0.25) is 0 Å². The molecule has 0 saturated heterocycles. The van der Waals surface area contributed by atoms with Crippen molar-refractivity contribution in [3.05, 3.63) is 88.7 Å². The van der Waals surface area contributed by atoms with Gasteiger partial charge in [0.05, 0.1) is 34.4 Å². The van der Waals surface area contributed by atoms with Gasteiger partial charge in [0.1, 0.15) is 0 Å². The average molecular weight is 382 g/mol. The first-order valence-corrected chi connectivity index (χ1v) is 9.40. The fraction of sp³-hybridized carbons (Fsp3) is 0.130. The van der Waals surface area contributed by atoms with Crippen LogP contribution in [0.2, 0.25) is 0 Å². The zero-order chi connectivity index (χ0) is 20.1. The minimum Gasteiger partial charge on any atom is -0.270 e. The molecule has 6 nitrogen and oxygen atoms in total. The molecule has 2 amide bonds. The summed E-state index contributed by atoms with van der Waals surface area (Å²) in [6.07, 6.45) is 1.50. The smallest absolute Gasteiger partial charge is 0.263 e. The Kier molecular flexibility index (Phi) is 3.81. The number of carbonyl (C=O) groups is 2. The molecule has 29 heavy (non-hydrogen) atoms. The summed E-state index contributed by atoms with van der Waals surface area (Å²) in [5, 5.41) is 5.28. The molecule has 0 radical (unpaired) electrons. The Morgan fingerprint density at radius 1 is 0.897 bits per heavy atom. The molecule has 0 bridgehead atoms. The summed E-state index contributed by atoms with van der Waals surface area (Å²) < 4.78 is 1.75. The highest BCUT2D eigenvalue weighted by molar-refractivity contribution is 6.26. The third-order valence-corrected chi connectivity index (χ3v) is 5.33. The monoisotopic (exact) mass is 382 g/mol. The summed E-state index contributed by atoms with van der Waals surface area (Å²) in [4.78, 5) is 32.0. The topological polar surface area (TPSA) is 68.1 Å². The van der Waals surface area contributed by atoms with Crippen molar-refractivity contribution in [2.24, 2.45) is 0 Å². The van der Waals surface area contributed by atoms with Gasteiger partial charge in [-0.05, 0) is 31.0 Å². The summed E-state index contributed by atoms with van der Waals surface area (Å²) in [6, 6.07) is 17.4. The van der Waals surface area contributed by atoms with Crippen LogP contribution in [0.1, 0.15) is 37.5 Å².